The molecule has 0 aromatic heterocycles. The molecule has 37 heavy (non-hydrogen) atoms. The average Bonchev–Trinajstić information content (AvgIpc) is 3.14. The van der Waals surface area contributed by atoms with E-state index in [9.17, 15) is 19.2 Å². The van der Waals surface area contributed by atoms with Crippen LogP contribution in [0.25, 0.3) is 0 Å². The quantitative estimate of drug-likeness (QED) is 0.212. The minimum atomic E-state index is -0.699. The Morgan fingerprint density at radius 3 is 2.35 bits per heavy atom. The Bertz CT molecular complexity index is 1230. The number of esters is 1. The topological polar surface area (TPSA) is 84.0 Å². The molecule has 10 heteroatoms. The van der Waals surface area contributed by atoms with Gasteiger partial charge in [0.1, 0.15) is 9.57 Å². The van der Waals surface area contributed by atoms with Crippen LogP contribution in [-0.4, -0.2) is 57.7 Å². The number of thiocarbonyl (C=S) groups is 1. The number of halogens is 1. The molecule has 2 amide bonds. The maximum atomic E-state index is 13.1. The van der Waals surface area contributed by atoms with Gasteiger partial charge in [0, 0.05) is 25.1 Å². The van der Waals surface area contributed by atoms with Gasteiger partial charge < -0.3 is 9.64 Å². The lowest BCUT2D eigenvalue weighted by Crippen LogP contribution is -2.41. The predicted molar refractivity (Wildman–Crippen MR) is 148 cm³/mol. The SMILES string of the molecule is C[C@H]1C[C@H](C)CN(C(=S)S[C@@H]2CC(=O)N(c3ccc(C(=O)OCC(=O)c4ccccc4Cl)cc3)C2=O)C1. The highest BCUT2D eigenvalue weighted by Crippen LogP contribution is 2.33. The van der Waals surface area contributed by atoms with Crippen LogP contribution in [0.2, 0.25) is 5.02 Å². The van der Waals surface area contributed by atoms with Crippen molar-refractivity contribution >= 4 is 69.2 Å². The summed E-state index contributed by atoms with van der Waals surface area (Å²) in [5.74, 6) is -0.700. The molecule has 2 aromatic rings. The molecule has 0 saturated carbocycles. The van der Waals surface area contributed by atoms with Crippen molar-refractivity contribution in [3.05, 3.63) is 64.7 Å². The normalized spacial score (nSPS) is 21.8. The molecule has 2 heterocycles. The van der Waals surface area contributed by atoms with Gasteiger partial charge in [-0.15, -0.1) is 0 Å². The van der Waals surface area contributed by atoms with Gasteiger partial charge >= 0.3 is 5.97 Å². The van der Waals surface area contributed by atoms with Gasteiger partial charge in [0.2, 0.25) is 17.6 Å². The molecule has 2 fully saturated rings. The fourth-order valence-corrected chi connectivity index (χ4v) is 6.41. The van der Waals surface area contributed by atoms with E-state index in [1.54, 1.807) is 24.3 Å². The Morgan fingerprint density at radius 1 is 1.05 bits per heavy atom. The molecule has 0 unspecified atom stereocenters. The summed E-state index contributed by atoms with van der Waals surface area (Å²) in [5.41, 5.74) is 0.831. The first-order chi connectivity index (χ1) is 17.6. The van der Waals surface area contributed by atoms with E-state index in [1.165, 1.54) is 36.0 Å². The fourth-order valence-electron chi connectivity index (χ4n) is 4.70. The van der Waals surface area contributed by atoms with Gasteiger partial charge in [-0.1, -0.05) is 61.6 Å². The summed E-state index contributed by atoms with van der Waals surface area (Å²) in [6.45, 7) is 5.64. The zero-order chi connectivity index (χ0) is 26.7. The Balaban J connectivity index is 1.35. The molecule has 2 aliphatic rings. The molecule has 0 aliphatic carbocycles. The number of carbonyl (C=O) groups excluding carboxylic acids is 4. The monoisotopic (exact) mass is 558 g/mol. The number of nitrogens with zero attached hydrogens (tertiary/aromatic N) is 2. The lowest BCUT2D eigenvalue weighted by molar-refractivity contribution is -0.121. The molecular formula is C27H27ClN2O5S2. The first kappa shape index (κ1) is 27.3. The van der Waals surface area contributed by atoms with Crippen molar-refractivity contribution in [2.24, 2.45) is 11.8 Å². The number of amides is 2. The Morgan fingerprint density at radius 2 is 1.70 bits per heavy atom. The number of hydrogen-bond donors (Lipinski definition) is 0. The van der Waals surface area contributed by atoms with Crippen molar-refractivity contribution < 1.29 is 23.9 Å². The third-order valence-electron chi connectivity index (χ3n) is 6.35. The first-order valence-electron chi connectivity index (χ1n) is 12.0. The number of ether oxygens (including phenoxy) is 1. The molecule has 2 saturated heterocycles. The lowest BCUT2D eigenvalue weighted by Gasteiger charge is -2.36. The van der Waals surface area contributed by atoms with Gasteiger partial charge in [0.25, 0.3) is 0 Å². The van der Waals surface area contributed by atoms with E-state index in [2.05, 4.69) is 18.7 Å². The van der Waals surface area contributed by atoms with Crippen LogP contribution in [0, 0.1) is 11.8 Å². The Labute approximate surface area is 230 Å². The predicted octanol–water partition coefficient (Wildman–Crippen LogP) is 5.01. The van der Waals surface area contributed by atoms with Crippen molar-refractivity contribution in [2.75, 3.05) is 24.6 Å². The van der Waals surface area contributed by atoms with Crippen LogP contribution in [0.3, 0.4) is 0 Å². The second-order valence-corrected chi connectivity index (χ2v) is 11.8. The van der Waals surface area contributed by atoms with E-state index in [4.69, 9.17) is 28.6 Å². The van der Waals surface area contributed by atoms with Gasteiger partial charge in [-0.2, -0.15) is 0 Å². The van der Waals surface area contributed by atoms with Crippen LogP contribution in [0.5, 0.6) is 0 Å². The summed E-state index contributed by atoms with van der Waals surface area (Å²) >= 11 is 12.9. The van der Waals surface area contributed by atoms with E-state index in [0.29, 0.717) is 21.8 Å². The van der Waals surface area contributed by atoms with Gasteiger partial charge in [-0.25, -0.2) is 9.69 Å². The van der Waals surface area contributed by atoms with Gasteiger partial charge in [0.15, 0.2) is 6.61 Å². The Hall–Kier alpha value is -2.75. The molecule has 0 N–H and O–H groups in total. The van der Waals surface area contributed by atoms with Gasteiger partial charge in [-0.3, -0.25) is 14.4 Å². The maximum absolute atomic E-state index is 13.1. The van der Waals surface area contributed by atoms with Crippen molar-refractivity contribution in [1.82, 2.24) is 4.90 Å². The number of benzene rings is 2. The third kappa shape index (κ3) is 6.40. The average molecular weight is 559 g/mol. The van der Waals surface area contributed by atoms with Gasteiger partial charge in [0.05, 0.1) is 16.3 Å². The Kier molecular flexibility index (Phi) is 8.67. The number of carbonyl (C=O) groups is 4. The highest BCUT2D eigenvalue weighted by atomic mass is 35.5. The number of likely N-dealkylation sites (tertiary alicyclic amines) is 1. The second-order valence-electron chi connectivity index (χ2n) is 9.52. The zero-order valence-electron chi connectivity index (χ0n) is 20.5. The summed E-state index contributed by atoms with van der Waals surface area (Å²) in [6, 6.07) is 12.5. The summed E-state index contributed by atoms with van der Waals surface area (Å²) in [7, 11) is 0. The van der Waals surface area contributed by atoms with Crippen LogP contribution in [0.15, 0.2) is 48.5 Å². The number of imide groups is 1. The van der Waals surface area contributed by atoms with E-state index in [-0.39, 0.29) is 34.4 Å². The minimum Gasteiger partial charge on any atom is -0.454 e. The number of ketones is 1. The van der Waals surface area contributed by atoms with Crippen molar-refractivity contribution in [3.8, 4) is 0 Å². The molecule has 2 aromatic carbocycles. The van der Waals surface area contributed by atoms with Crippen LogP contribution in [0.4, 0.5) is 5.69 Å². The van der Waals surface area contributed by atoms with Crippen LogP contribution in [-0.2, 0) is 14.3 Å². The van der Waals surface area contributed by atoms with Crippen LogP contribution < -0.4 is 4.90 Å². The molecule has 3 atom stereocenters. The van der Waals surface area contributed by atoms with E-state index < -0.39 is 23.6 Å². The minimum absolute atomic E-state index is 0.0660. The maximum Gasteiger partial charge on any atom is 0.338 e. The standard InChI is InChI=1S/C27H27ClN2O5S2/c1-16-11-17(2)14-29(13-16)27(36)37-23-12-24(32)30(25(23)33)19-9-7-18(8-10-19)26(34)35-15-22(31)20-5-3-4-6-21(20)28/h3-10,16-17,23H,11-15H2,1-2H3/t16-,17-,23+/m0/s1. The zero-order valence-corrected chi connectivity index (χ0v) is 22.9. The summed E-state index contributed by atoms with van der Waals surface area (Å²) in [6.07, 6.45) is 1.22. The fraction of sp³-hybridized carbons (Fsp3) is 0.370. The summed E-state index contributed by atoms with van der Waals surface area (Å²) < 4.78 is 5.77. The molecule has 194 valence electrons. The lowest BCUT2D eigenvalue weighted by atomic mass is 9.92. The third-order valence-corrected chi connectivity index (χ3v) is 8.33. The van der Waals surface area contributed by atoms with Crippen molar-refractivity contribution in [2.45, 2.75) is 31.9 Å². The van der Waals surface area contributed by atoms with E-state index in [0.717, 1.165) is 24.4 Å². The second kappa shape index (κ2) is 11.8. The number of piperidine rings is 1. The van der Waals surface area contributed by atoms with E-state index in [1.807, 2.05) is 0 Å². The highest BCUT2D eigenvalue weighted by Gasteiger charge is 2.41. The van der Waals surface area contributed by atoms with E-state index >= 15 is 0 Å². The molecule has 0 radical (unpaired) electrons. The number of Topliss-reactive ketones (excluding diaryl/α,β-unsaturated/α-hetero) is 1. The highest BCUT2D eigenvalue weighted by molar-refractivity contribution is 8.23. The van der Waals surface area contributed by atoms with Crippen LogP contribution >= 0.6 is 35.6 Å². The smallest absolute Gasteiger partial charge is 0.338 e. The molecular weight excluding hydrogens is 532 g/mol. The van der Waals surface area contributed by atoms with Crippen molar-refractivity contribution in [3.63, 3.8) is 0 Å². The summed E-state index contributed by atoms with van der Waals surface area (Å²) in [4.78, 5) is 53.8. The number of rotatable bonds is 6. The molecule has 4 rings (SSSR count). The number of hydrogen-bond acceptors (Lipinski definition) is 7. The van der Waals surface area contributed by atoms with Crippen LogP contribution in [0.1, 0.15) is 47.4 Å². The van der Waals surface area contributed by atoms with Gasteiger partial charge in [-0.05, 0) is 54.7 Å². The number of thioether (sulfide) groups is 1. The number of anilines is 1. The molecule has 2 aliphatic heterocycles. The summed E-state index contributed by atoms with van der Waals surface area (Å²) in [5, 5.41) is -0.293. The molecule has 7 nitrogen and oxygen atoms in total. The largest absolute Gasteiger partial charge is 0.454 e. The molecule has 0 spiro atoms. The first-order valence-corrected chi connectivity index (χ1v) is 13.7. The molecule has 0 bridgehead atoms. The van der Waals surface area contributed by atoms with Crippen molar-refractivity contribution in [1.29, 1.82) is 0 Å².